The van der Waals surface area contributed by atoms with Gasteiger partial charge in [-0.15, -0.1) is 0 Å². The molecule has 3 aromatic rings. The fourth-order valence-electron chi connectivity index (χ4n) is 2.67. The van der Waals surface area contributed by atoms with Crippen LogP contribution >= 0.6 is 39.1 Å². The van der Waals surface area contributed by atoms with E-state index in [1.54, 1.807) is 25.3 Å². The molecule has 3 nitrogen and oxygen atoms in total. The lowest BCUT2D eigenvalue weighted by Gasteiger charge is -2.16. The molecule has 0 aliphatic rings. The van der Waals surface area contributed by atoms with Crippen LogP contribution in [0.15, 0.2) is 59.1 Å². The van der Waals surface area contributed by atoms with Crippen molar-refractivity contribution in [1.82, 2.24) is 0 Å². The highest BCUT2D eigenvalue weighted by Crippen LogP contribution is 2.35. The largest absolute Gasteiger partial charge is 0.493 e. The molecule has 6 heteroatoms. The lowest BCUT2D eigenvalue weighted by molar-refractivity contribution is 0.284. The van der Waals surface area contributed by atoms with E-state index in [1.165, 1.54) is 5.56 Å². The van der Waals surface area contributed by atoms with Crippen LogP contribution < -0.4 is 14.8 Å². The second kappa shape index (κ2) is 9.55. The molecule has 0 saturated heterocycles. The summed E-state index contributed by atoms with van der Waals surface area (Å²) in [5.74, 6) is 1.26. The predicted octanol–water partition coefficient (Wildman–Crippen LogP) is 7.26. The van der Waals surface area contributed by atoms with Crippen molar-refractivity contribution in [3.8, 4) is 11.5 Å². The van der Waals surface area contributed by atoms with Crippen LogP contribution in [0.4, 0.5) is 5.69 Å². The van der Waals surface area contributed by atoms with Gasteiger partial charge in [-0.2, -0.15) is 0 Å². The summed E-state index contributed by atoms with van der Waals surface area (Å²) in [4.78, 5) is 0. The molecule has 0 saturated carbocycles. The Balaban J connectivity index is 1.74. The zero-order valence-electron chi connectivity index (χ0n) is 15.6. The molecule has 0 spiro atoms. The van der Waals surface area contributed by atoms with E-state index in [0.717, 1.165) is 21.3 Å². The van der Waals surface area contributed by atoms with Crippen molar-refractivity contribution in [2.45, 2.75) is 20.1 Å². The quantitative estimate of drug-likeness (QED) is 0.385. The third-order valence-corrected chi connectivity index (χ3v) is 5.75. The van der Waals surface area contributed by atoms with Gasteiger partial charge in [-0.3, -0.25) is 0 Å². The van der Waals surface area contributed by atoms with Gasteiger partial charge in [0.15, 0.2) is 11.5 Å². The van der Waals surface area contributed by atoms with E-state index in [2.05, 4.69) is 52.4 Å². The Morgan fingerprint density at radius 2 is 1.64 bits per heavy atom. The van der Waals surface area contributed by atoms with Crippen molar-refractivity contribution in [2.75, 3.05) is 12.4 Å². The molecule has 0 radical (unpaired) electrons. The highest BCUT2D eigenvalue weighted by Gasteiger charge is 2.13. The number of benzene rings is 3. The van der Waals surface area contributed by atoms with Gasteiger partial charge >= 0.3 is 0 Å². The third kappa shape index (κ3) is 5.13. The summed E-state index contributed by atoms with van der Waals surface area (Å²) < 4.78 is 12.4. The smallest absolute Gasteiger partial charge is 0.162 e. The summed E-state index contributed by atoms with van der Waals surface area (Å²) >= 11 is 16.1. The van der Waals surface area contributed by atoms with E-state index in [1.807, 2.05) is 12.1 Å². The first-order valence-electron chi connectivity index (χ1n) is 8.70. The molecular weight excluding hydrogens is 461 g/mol. The van der Waals surface area contributed by atoms with Crippen LogP contribution in [0.25, 0.3) is 0 Å². The Morgan fingerprint density at radius 1 is 0.964 bits per heavy atom. The maximum atomic E-state index is 6.22. The monoisotopic (exact) mass is 479 g/mol. The van der Waals surface area contributed by atoms with E-state index >= 15 is 0 Å². The molecule has 0 unspecified atom stereocenters. The summed E-state index contributed by atoms with van der Waals surface area (Å²) in [5.41, 5.74) is 4.09. The number of halogens is 3. The van der Waals surface area contributed by atoms with Gasteiger partial charge in [-0.05, 0) is 48.9 Å². The van der Waals surface area contributed by atoms with Crippen LogP contribution in [0.2, 0.25) is 10.0 Å². The number of anilines is 1. The number of hydrogen-bond acceptors (Lipinski definition) is 3. The Morgan fingerprint density at radius 3 is 2.29 bits per heavy atom. The van der Waals surface area contributed by atoms with E-state index < -0.39 is 0 Å². The normalized spacial score (nSPS) is 10.6. The van der Waals surface area contributed by atoms with Crippen molar-refractivity contribution < 1.29 is 9.47 Å². The molecule has 0 aliphatic heterocycles. The highest BCUT2D eigenvalue weighted by molar-refractivity contribution is 9.10. The molecule has 0 aromatic heterocycles. The first kappa shape index (κ1) is 20.8. The molecule has 28 heavy (non-hydrogen) atoms. The van der Waals surface area contributed by atoms with Crippen molar-refractivity contribution >= 4 is 44.8 Å². The van der Waals surface area contributed by atoms with Gasteiger partial charge in [0.25, 0.3) is 0 Å². The van der Waals surface area contributed by atoms with Crippen molar-refractivity contribution in [1.29, 1.82) is 0 Å². The molecule has 0 amide bonds. The van der Waals surface area contributed by atoms with E-state index in [-0.39, 0.29) is 6.61 Å². The van der Waals surface area contributed by atoms with Gasteiger partial charge in [0.1, 0.15) is 6.61 Å². The zero-order chi connectivity index (χ0) is 20.1. The molecular formula is C22H20BrCl2NO2. The minimum Gasteiger partial charge on any atom is -0.493 e. The predicted molar refractivity (Wildman–Crippen MR) is 120 cm³/mol. The average molecular weight is 481 g/mol. The topological polar surface area (TPSA) is 30.5 Å². The standard InChI is InChI=1S/C22H20BrCl2NO2/c1-14-6-8-16(9-7-14)26-12-15-10-21(27-2)22(11-18(15)23)28-13-17-19(24)4-3-5-20(17)25/h3-11,26H,12-13H2,1-2H3. The van der Waals surface area contributed by atoms with Gasteiger partial charge in [-0.25, -0.2) is 0 Å². The zero-order valence-corrected chi connectivity index (χ0v) is 18.7. The molecule has 0 bridgehead atoms. The van der Waals surface area contributed by atoms with Gasteiger partial charge in [-0.1, -0.05) is 62.9 Å². The maximum Gasteiger partial charge on any atom is 0.162 e. The maximum absolute atomic E-state index is 6.22. The van der Waals surface area contributed by atoms with Crippen LogP contribution in [-0.4, -0.2) is 7.11 Å². The Hall–Kier alpha value is -1.88. The van der Waals surface area contributed by atoms with Crippen LogP contribution in [0, 0.1) is 6.92 Å². The van der Waals surface area contributed by atoms with Crippen molar-refractivity contribution in [2.24, 2.45) is 0 Å². The van der Waals surface area contributed by atoms with Gasteiger partial charge in [0.2, 0.25) is 0 Å². The average Bonchev–Trinajstić information content (AvgIpc) is 2.68. The number of rotatable bonds is 7. The molecule has 3 aromatic carbocycles. The molecule has 0 fully saturated rings. The van der Waals surface area contributed by atoms with E-state index in [9.17, 15) is 0 Å². The van der Waals surface area contributed by atoms with Crippen molar-refractivity contribution in [3.63, 3.8) is 0 Å². The van der Waals surface area contributed by atoms with Gasteiger partial charge < -0.3 is 14.8 Å². The second-order valence-electron chi connectivity index (χ2n) is 6.30. The Kier molecular flexibility index (Phi) is 7.11. The SMILES string of the molecule is COc1cc(CNc2ccc(C)cc2)c(Br)cc1OCc1c(Cl)cccc1Cl. The summed E-state index contributed by atoms with van der Waals surface area (Å²) in [5, 5.41) is 4.56. The summed E-state index contributed by atoms with van der Waals surface area (Å²) in [6.07, 6.45) is 0. The number of hydrogen-bond donors (Lipinski definition) is 1. The lowest BCUT2D eigenvalue weighted by atomic mass is 10.1. The molecule has 0 heterocycles. The summed E-state index contributed by atoms with van der Waals surface area (Å²) in [6, 6.07) is 17.5. The number of ether oxygens (including phenoxy) is 2. The number of nitrogens with one attached hydrogen (secondary N) is 1. The van der Waals surface area contributed by atoms with Gasteiger partial charge in [0, 0.05) is 32.3 Å². The summed E-state index contributed by atoms with van der Waals surface area (Å²) in [6.45, 7) is 2.97. The Bertz CT molecular complexity index is 941. The van der Waals surface area contributed by atoms with Crippen LogP contribution in [0.5, 0.6) is 11.5 Å². The van der Waals surface area contributed by atoms with Crippen LogP contribution in [0.3, 0.4) is 0 Å². The fraction of sp³-hybridized carbons (Fsp3) is 0.182. The lowest BCUT2D eigenvalue weighted by Crippen LogP contribution is -2.03. The minimum atomic E-state index is 0.252. The van der Waals surface area contributed by atoms with E-state index in [4.69, 9.17) is 32.7 Å². The number of aryl methyl sites for hydroxylation is 1. The van der Waals surface area contributed by atoms with E-state index in [0.29, 0.717) is 28.1 Å². The molecule has 1 N–H and O–H groups in total. The second-order valence-corrected chi connectivity index (χ2v) is 7.97. The first-order chi connectivity index (χ1) is 13.5. The molecule has 3 rings (SSSR count). The molecule has 0 atom stereocenters. The summed E-state index contributed by atoms with van der Waals surface area (Å²) in [7, 11) is 1.62. The third-order valence-electron chi connectivity index (χ3n) is 4.30. The minimum absolute atomic E-state index is 0.252. The highest BCUT2D eigenvalue weighted by atomic mass is 79.9. The molecule has 146 valence electrons. The fourth-order valence-corrected chi connectivity index (χ4v) is 3.64. The van der Waals surface area contributed by atoms with Crippen LogP contribution in [-0.2, 0) is 13.2 Å². The van der Waals surface area contributed by atoms with Gasteiger partial charge in [0.05, 0.1) is 7.11 Å². The first-order valence-corrected chi connectivity index (χ1v) is 10.3. The Labute approximate surface area is 183 Å². The van der Waals surface area contributed by atoms with Crippen LogP contribution in [0.1, 0.15) is 16.7 Å². The number of methoxy groups -OCH3 is 1. The molecule has 0 aliphatic carbocycles. The van der Waals surface area contributed by atoms with Crippen molar-refractivity contribution in [3.05, 3.63) is 85.8 Å².